The van der Waals surface area contributed by atoms with E-state index in [1.807, 2.05) is 19.9 Å². The third-order valence-electron chi connectivity index (χ3n) is 1.57. The summed E-state index contributed by atoms with van der Waals surface area (Å²) in [6.07, 6.45) is 2.23. The molecule has 2 heteroatoms. The minimum Gasteiger partial charge on any atom is -0.293 e. The van der Waals surface area contributed by atoms with Gasteiger partial charge in [-0.05, 0) is 5.41 Å². The number of carbonyl (C=O) groups is 1. The summed E-state index contributed by atoms with van der Waals surface area (Å²) in [7, 11) is 0. The molecule has 0 spiro atoms. The molecule has 0 aromatic carbocycles. The second-order valence-electron chi connectivity index (χ2n) is 3.26. The molecule has 0 unspecified atom stereocenters. The molecule has 10 heavy (non-hydrogen) atoms. The topological polar surface area (TPSA) is 40.9 Å². The first-order valence-electron chi connectivity index (χ1n) is 3.21. The molecule has 0 heterocycles. The lowest BCUT2D eigenvalue weighted by atomic mass is 9.93. The van der Waals surface area contributed by atoms with Crippen LogP contribution in [0.25, 0.3) is 0 Å². The van der Waals surface area contributed by atoms with Crippen molar-refractivity contribution in [3.05, 3.63) is 11.6 Å². The Morgan fingerprint density at radius 1 is 1.70 bits per heavy atom. The minimum absolute atomic E-state index is 0.0208. The number of carbonyl (C=O) groups excluding carboxylic acids is 1. The molecule has 0 aromatic heterocycles. The van der Waals surface area contributed by atoms with Crippen molar-refractivity contribution in [3.63, 3.8) is 0 Å². The SMILES string of the molecule is CC1(C)C=C(C#N)C(=O)C1. The molecular weight excluding hydrogens is 126 g/mol. The van der Waals surface area contributed by atoms with Crippen LogP contribution in [0.1, 0.15) is 20.3 Å². The first-order chi connectivity index (χ1) is 4.55. The Balaban J connectivity index is 2.96. The summed E-state index contributed by atoms with van der Waals surface area (Å²) < 4.78 is 0. The molecule has 0 bridgehead atoms. The lowest BCUT2D eigenvalue weighted by molar-refractivity contribution is -0.115. The molecule has 0 radical (unpaired) electrons. The van der Waals surface area contributed by atoms with Crippen LogP contribution < -0.4 is 0 Å². The molecule has 0 N–H and O–H groups in total. The van der Waals surface area contributed by atoms with Gasteiger partial charge in [-0.3, -0.25) is 4.79 Å². The van der Waals surface area contributed by atoms with Gasteiger partial charge in [-0.1, -0.05) is 19.9 Å². The maximum absolute atomic E-state index is 10.9. The van der Waals surface area contributed by atoms with Crippen LogP contribution in [0.2, 0.25) is 0 Å². The quantitative estimate of drug-likeness (QED) is 0.504. The third-order valence-corrected chi connectivity index (χ3v) is 1.57. The molecule has 0 saturated carbocycles. The van der Waals surface area contributed by atoms with Crippen molar-refractivity contribution in [1.82, 2.24) is 0 Å². The van der Waals surface area contributed by atoms with E-state index in [9.17, 15) is 4.79 Å². The standard InChI is InChI=1S/C8H9NO/c1-8(2)3-6(5-9)7(10)4-8/h3H,4H2,1-2H3. The van der Waals surface area contributed by atoms with Crippen molar-refractivity contribution in [3.8, 4) is 6.07 Å². The zero-order valence-corrected chi connectivity index (χ0v) is 6.14. The van der Waals surface area contributed by atoms with Gasteiger partial charge in [0, 0.05) is 6.42 Å². The molecule has 0 fully saturated rings. The van der Waals surface area contributed by atoms with Gasteiger partial charge < -0.3 is 0 Å². The summed E-state index contributed by atoms with van der Waals surface area (Å²) in [5.41, 5.74) is 0.229. The zero-order valence-electron chi connectivity index (χ0n) is 6.14. The van der Waals surface area contributed by atoms with Crippen molar-refractivity contribution in [1.29, 1.82) is 5.26 Å². The van der Waals surface area contributed by atoms with Crippen molar-refractivity contribution in [2.75, 3.05) is 0 Å². The van der Waals surface area contributed by atoms with E-state index in [4.69, 9.17) is 5.26 Å². The number of rotatable bonds is 0. The van der Waals surface area contributed by atoms with Crippen LogP contribution >= 0.6 is 0 Å². The maximum atomic E-state index is 10.9. The molecule has 52 valence electrons. The van der Waals surface area contributed by atoms with Crippen LogP contribution in [-0.4, -0.2) is 5.78 Å². The van der Waals surface area contributed by atoms with Gasteiger partial charge in [0.15, 0.2) is 5.78 Å². The highest BCUT2D eigenvalue weighted by Gasteiger charge is 2.29. The summed E-state index contributed by atoms with van der Waals surface area (Å²) in [6.45, 7) is 3.91. The van der Waals surface area contributed by atoms with Gasteiger partial charge in [0.05, 0.1) is 5.57 Å². The van der Waals surface area contributed by atoms with Gasteiger partial charge in [-0.25, -0.2) is 0 Å². The average Bonchev–Trinajstić information content (AvgIpc) is 2.05. The van der Waals surface area contributed by atoms with Gasteiger partial charge in [0.2, 0.25) is 0 Å². The summed E-state index contributed by atoms with van der Waals surface area (Å²) in [5.74, 6) is -0.0208. The fraction of sp³-hybridized carbons (Fsp3) is 0.500. The summed E-state index contributed by atoms with van der Waals surface area (Å²) in [6, 6.07) is 1.88. The van der Waals surface area contributed by atoms with Gasteiger partial charge in [-0.2, -0.15) is 5.26 Å². The third kappa shape index (κ3) is 1.08. The number of Topliss-reactive ketones (excluding diaryl/α,β-unsaturated/α-hetero) is 1. The van der Waals surface area contributed by atoms with E-state index in [0.29, 0.717) is 12.0 Å². The fourth-order valence-electron chi connectivity index (χ4n) is 1.13. The van der Waals surface area contributed by atoms with E-state index in [-0.39, 0.29) is 11.2 Å². The molecule has 2 nitrogen and oxygen atoms in total. The molecule has 1 rings (SSSR count). The summed E-state index contributed by atoms with van der Waals surface area (Å²) >= 11 is 0. The largest absolute Gasteiger partial charge is 0.293 e. The van der Waals surface area contributed by atoms with Crippen molar-refractivity contribution < 1.29 is 4.79 Å². The predicted molar refractivity (Wildman–Crippen MR) is 37.1 cm³/mol. The smallest absolute Gasteiger partial charge is 0.173 e. The number of ketones is 1. The Morgan fingerprint density at radius 3 is 2.50 bits per heavy atom. The van der Waals surface area contributed by atoms with Crippen LogP contribution in [0.4, 0.5) is 0 Å². The van der Waals surface area contributed by atoms with Gasteiger partial charge in [0.25, 0.3) is 0 Å². The number of allylic oxidation sites excluding steroid dienone is 2. The minimum atomic E-state index is -0.0951. The van der Waals surface area contributed by atoms with Gasteiger partial charge >= 0.3 is 0 Å². The zero-order chi connectivity index (χ0) is 7.78. The van der Waals surface area contributed by atoms with Crippen LogP contribution in [0.3, 0.4) is 0 Å². The van der Waals surface area contributed by atoms with E-state index in [2.05, 4.69) is 0 Å². The van der Waals surface area contributed by atoms with Gasteiger partial charge in [-0.15, -0.1) is 0 Å². The highest BCUT2D eigenvalue weighted by molar-refractivity contribution is 6.01. The second-order valence-corrected chi connectivity index (χ2v) is 3.26. The van der Waals surface area contributed by atoms with E-state index in [1.54, 1.807) is 6.08 Å². The molecule has 1 aliphatic carbocycles. The lowest BCUT2D eigenvalue weighted by Gasteiger charge is -2.10. The van der Waals surface area contributed by atoms with E-state index < -0.39 is 0 Å². The maximum Gasteiger partial charge on any atom is 0.173 e. The fourth-order valence-corrected chi connectivity index (χ4v) is 1.13. The van der Waals surface area contributed by atoms with E-state index >= 15 is 0 Å². The lowest BCUT2D eigenvalue weighted by Crippen LogP contribution is -2.05. The van der Waals surface area contributed by atoms with Crippen LogP contribution in [0, 0.1) is 16.7 Å². The molecular formula is C8H9NO. The van der Waals surface area contributed by atoms with Crippen molar-refractivity contribution >= 4 is 5.78 Å². The normalized spacial score (nSPS) is 22.1. The Hall–Kier alpha value is -1.10. The van der Waals surface area contributed by atoms with Crippen LogP contribution in [0.5, 0.6) is 0 Å². The summed E-state index contributed by atoms with van der Waals surface area (Å²) in [4.78, 5) is 10.9. The second kappa shape index (κ2) is 1.95. The van der Waals surface area contributed by atoms with Crippen molar-refractivity contribution in [2.45, 2.75) is 20.3 Å². The Kier molecular flexibility index (Phi) is 1.37. The Morgan fingerprint density at radius 2 is 2.30 bits per heavy atom. The first kappa shape index (κ1) is 7.01. The average molecular weight is 135 g/mol. The molecule has 0 aliphatic heterocycles. The van der Waals surface area contributed by atoms with Crippen LogP contribution in [-0.2, 0) is 4.79 Å². The molecule has 1 aliphatic rings. The number of hydrogen-bond donors (Lipinski definition) is 0. The van der Waals surface area contributed by atoms with E-state index in [1.165, 1.54) is 0 Å². The van der Waals surface area contributed by atoms with Crippen molar-refractivity contribution in [2.24, 2.45) is 5.41 Å². The van der Waals surface area contributed by atoms with Crippen LogP contribution in [0.15, 0.2) is 11.6 Å². The number of nitrogens with zero attached hydrogens (tertiary/aromatic N) is 1. The molecule has 0 amide bonds. The number of hydrogen-bond acceptors (Lipinski definition) is 2. The highest BCUT2D eigenvalue weighted by atomic mass is 16.1. The molecule has 0 aromatic rings. The van der Waals surface area contributed by atoms with E-state index in [0.717, 1.165) is 0 Å². The Bertz CT molecular complexity index is 242. The number of nitriles is 1. The monoisotopic (exact) mass is 135 g/mol. The summed E-state index contributed by atoms with van der Waals surface area (Å²) in [5, 5.41) is 8.43. The van der Waals surface area contributed by atoms with Gasteiger partial charge in [0.1, 0.15) is 6.07 Å². The molecule has 0 atom stereocenters. The highest BCUT2D eigenvalue weighted by Crippen LogP contribution is 2.31. The Labute approximate surface area is 60.2 Å². The molecule has 0 saturated heterocycles. The predicted octanol–water partition coefficient (Wildman–Crippen LogP) is 1.44. The first-order valence-corrected chi connectivity index (χ1v) is 3.21.